The molecule has 0 aliphatic heterocycles. The molecular formula is C54H78ClNSi2. The summed E-state index contributed by atoms with van der Waals surface area (Å²) in [6, 6.07) is 21.9. The second-order valence-corrected chi connectivity index (χ2v) is 25.5. The Morgan fingerprint density at radius 3 is 0.914 bits per heavy atom. The lowest BCUT2D eigenvalue weighted by Gasteiger charge is -2.35. The second-order valence-electron chi connectivity index (χ2n) is 20.0. The summed E-state index contributed by atoms with van der Waals surface area (Å²) >= 11 is 8.64. The Balaban J connectivity index is 2.47. The van der Waals surface area contributed by atoms with Gasteiger partial charge < -0.3 is 0 Å². The summed E-state index contributed by atoms with van der Waals surface area (Å²) in [6.45, 7) is 47.3. The first-order valence-electron chi connectivity index (χ1n) is 22.6. The molecular weight excluding hydrogens is 754 g/mol. The first-order valence-corrected chi connectivity index (χ1v) is 26.6. The fourth-order valence-electron chi connectivity index (χ4n) is 8.49. The molecule has 0 amide bonds. The molecule has 0 unspecified atom stereocenters. The minimum Gasteiger partial charge on any atom is -0.264 e. The van der Waals surface area contributed by atoms with E-state index in [2.05, 4.69) is 193 Å². The van der Waals surface area contributed by atoms with Crippen molar-refractivity contribution in [2.45, 2.75) is 192 Å². The van der Waals surface area contributed by atoms with Gasteiger partial charge in [-0.2, -0.15) is 11.1 Å². The zero-order chi connectivity index (χ0) is 43.7. The monoisotopic (exact) mass is 832 g/mol. The maximum absolute atomic E-state index is 8.64. The summed E-state index contributed by atoms with van der Waals surface area (Å²) in [4.78, 5) is 7.39. The number of hydrogen-bond donors (Lipinski definition) is 0. The summed E-state index contributed by atoms with van der Waals surface area (Å²) in [7, 11) is -3.81. The van der Waals surface area contributed by atoms with Gasteiger partial charge in [0.25, 0.3) is 0 Å². The SMILES string of the molecule is Cc1cccc(C)c1N=C([Si](Cl)c1c(C(C)C)cc(C(C)C)cc1C(C)C)[Si](c1c(C(C)C)cc(C(C)C)cc1C(C)C)c1c(C(C)C)cc(C(C)C)cc1C(C)C. The fraction of sp³-hybridized carbons (Fsp3) is 0.537. The molecule has 58 heavy (non-hydrogen) atoms. The van der Waals surface area contributed by atoms with Gasteiger partial charge in [0.1, 0.15) is 0 Å². The van der Waals surface area contributed by atoms with Gasteiger partial charge in [-0.15, -0.1) is 0 Å². The molecule has 4 aromatic rings. The van der Waals surface area contributed by atoms with Gasteiger partial charge in [0.15, 0.2) is 8.80 Å². The molecule has 0 aliphatic carbocycles. The quantitative estimate of drug-likeness (QED) is 0.0643. The van der Waals surface area contributed by atoms with Crippen LogP contribution in [0.5, 0.6) is 0 Å². The minimum atomic E-state index is -1.97. The van der Waals surface area contributed by atoms with Crippen molar-refractivity contribution in [3.63, 3.8) is 0 Å². The van der Waals surface area contributed by atoms with Crippen molar-refractivity contribution in [2.24, 2.45) is 4.99 Å². The van der Waals surface area contributed by atoms with Crippen LogP contribution in [0.15, 0.2) is 59.6 Å². The van der Waals surface area contributed by atoms with Crippen LogP contribution in [0.4, 0.5) is 5.69 Å². The number of aliphatic imine (C=N–C) groups is 1. The molecule has 0 saturated carbocycles. The molecule has 2 radical (unpaired) electrons. The van der Waals surface area contributed by atoms with Crippen molar-refractivity contribution < 1.29 is 0 Å². The van der Waals surface area contributed by atoms with Crippen molar-refractivity contribution in [1.82, 2.24) is 0 Å². The smallest absolute Gasteiger partial charge is 0.245 e. The zero-order valence-corrected chi connectivity index (χ0v) is 43.0. The van der Waals surface area contributed by atoms with Gasteiger partial charge >= 0.3 is 0 Å². The maximum atomic E-state index is 8.64. The van der Waals surface area contributed by atoms with E-state index in [1.54, 1.807) is 0 Å². The van der Waals surface area contributed by atoms with E-state index in [1.807, 2.05) is 0 Å². The third-order valence-corrected chi connectivity index (χ3v) is 19.6. The molecule has 314 valence electrons. The summed E-state index contributed by atoms with van der Waals surface area (Å²) in [5.74, 6) is 3.28. The van der Waals surface area contributed by atoms with Gasteiger partial charge in [0.05, 0.1) is 5.69 Å². The molecule has 4 rings (SSSR count). The van der Waals surface area contributed by atoms with E-state index < -0.39 is 16.9 Å². The Morgan fingerprint density at radius 2 is 0.672 bits per heavy atom. The third kappa shape index (κ3) is 10.2. The van der Waals surface area contributed by atoms with Crippen LogP contribution in [0, 0.1) is 13.8 Å². The van der Waals surface area contributed by atoms with Gasteiger partial charge in [0, 0.05) is 4.96 Å². The molecule has 0 N–H and O–H groups in total. The van der Waals surface area contributed by atoms with Crippen LogP contribution in [0.3, 0.4) is 0 Å². The van der Waals surface area contributed by atoms with Gasteiger partial charge in [-0.05, 0) is 144 Å². The van der Waals surface area contributed by atoms with Crippen molar-refractivity contribution in [2.75, 3.05) is 0 Å². The van der Waals surface area contributed by atoms with E-state index >= 15 is 0 Å². The number of hydrogen-bond acceptors (Lipinski definition) is 1. The summed E-state index contributed by atoms with van der Waals surface area (Å²) in [6.07, 6.45) is 0. The third-order valence-electron chi connectivity index (χ3n) is 12.2. The van der Waals surface area contributed by atoms with E-state index in [9.17, 15) is 0 Å². The van der Waals surface area contributed by atoms with Crippen LogP contribution in [0.2, 0.25) is 0 Å². The molecule has 1 nitrogen and oxygen atoms in total. The van der Waals surface area contributed by atoms with Crippen LogP contribution >= 0.6 is 11.1 Å². The number of para-hydroxylation sites is 1. The lowest BCUT2D eigenvalue weighted by Crippen LogP contribution is -2.61. The Morgan fingerprint density at radius 1 is 0.414 bits per heavy atom. The Labute approximate surface area is 364 Å². The van der Waals surface area contributed by atoms with E-state index in [1.165, 1.54) is 81.7 Å². The molecule has 0 bridgehead atoms. The number of benzene rings is 4. The molecule has 0 fully saturated rings. The van der Waals surface area contributed by atoms with Crippen molar-refractivity contribution in [1.29, 1.82) is 0 Å². The second kappa shape index (κ2) is 19.8. The molecule has 0 aromatic heterocycles. The number of rotatable bonds is 15. The predicted molar refractivity (Wildman–Crippen MR) is 265 cm³/mol. The number of aryl methyl sites for hydroxylation is 2. The number of halogens is 1. The highest BCUT2D eigenvalue weighted by molar-refractivity contribution is 7.45. The van der Waals surface area contributed by atoms with Crippen LogP contribution in [-0.2, 0) is 0 Å². The van der Waals surface area contributed by atoms with Crippen LogP contribution < -0.4 is 15.6 Å². The highest BCUT2D eigenvalue weighted by atomic mass is 35.6. The first kappa shape index (κ1) is 47.9. The van der Waals surface area contributed by atoms with Crippen LogP contribution in [-0.4, -0.2) is 21.9 Å². The Bertz CT molecular complexity index is 1890. The summed E-state index contributed by atoms with van der Waals surface area (Å²) in [5, 5.41) is 4.44. The molecule has 4 heteroatoms. The Kier molecular flexibility index (Phi) is 16.3. The van der Waals surface area contributed by atoms with Gasteiger partial charge in [-0.1, -0.05) is 179 Å². The van der Waals surface area contributed by atoms with E-state index in [0.717, 1.165) is 5.69 Å². The Hall–Kier alpha value is -2.73. The number of nitrogens with zero attached hydrogens (tertiary/aromatic N) is 1. The fourth-order valence-corrected chi connectivity index (χ4v) is 17.3. The van der Waals surface area contributed by atoms with Crippen molar-refractivity contribution in [3.8, 4) is 0 Å². The highest BCUT2D eigenvalue weighted by Gasteiger charge is 2.41. The molecule has 0 atom stereocenters. The summed E-state index contributed by atoms with van der Waals surface area (Å²) in [5.41, 5.74) is 16.5. The minimum absolute atomic E-state index is 0.327. The first-order chi connectivity index (χ1) is 27.0. The van der Waals surface area contributed by atoms with Gasteiger partial charge in [-0.3, -0.25) is 4.99 Å². The van der Waals surface area contributed by atoms with Crippen LogP contribution in [0.1, 0.15) is 239 Å². The molecule has 0 aliphatic rings. The molecule has 0 spiro atoms. The van der Waals surface area contributed by atoms with Gasteiger partial charge in [0.2, 0.25) is 8.11 Å². The predicted octanol–water partition coefficient (Wildman–Crippen LogP) is 15.0. The maximum Gasteiger partial charge on any atom is 0.245 e. The average Bonchev–Trinajstić information content (AvgIpc) is 3.13. The van der Waals surface area contributed by atoms with Crippen molar-refractivity contribution in [3.05, 3.63) is 116 Å². The standard InChI is InChI=1S/C54H78ClNSi2/c1-30(2)41-24-44(33(7)8)51(45(25-41)34(9)10)57(52-46(35(11)12)26-42(31(3)4)27-47(52)36(13)14)54(56-50-39(19)22-21-23-40(50)20)58(55)53-48(37(15)16)28-43(32(5)6)29-49(53)38(17)18/h21-38H,1-20H3. The zero-order valence-electron chi connectivity index (χ0n) is 40.2. The highest BCUT2D eigenvalue weighted by Crippen LogP contribution is 2.34. The molecule has 0 heterocycles. The topological polar surface area (TPSA) is 12.4 Å². The van der Waals surface area contributed by atoms with E-state index in [0.29, 0.717) is 53.3 Å². The lowest BCUT2D eigenvalue weighted by atomic mass is 9.89. The van der Waals surface area contributed by atoms with Crippen molar-refractivity contribution >= 4 is 54.2 Å². The average molecular weight is 833 g/mol. The lowest BCUT2D eigenvalue weighted by molar-refractivity contribution is 0.810. The van der Waals surface area contributed by atoms with Crippen LogP contribution in [0.25, 0.3) is 0 Å². The van der Waals surface area contributed by atoms with E-state index in [-0.39, 0.29) is 0 Å². The largest absolute Gasteiger partial charge is 0.264 e. The van der Waals surface area contributed by atoms with Gasteiger partial charge in [-0.25, -0.2) is 0 Å². The normalized spacial score (nSPS) is 13.0. The molecule has 0 saturated heterocycles. The summed E-state index contributed by atoms with van der Waals surface area (Å²) < 4.78 is 0. The molecule has 4 aromatic carbocycles. The van der Waals surface area contributed by atoms with E-state index in [4.69, 9.17) is 16.1 Å².